The smallest absolute Gasteiger partial charge is 0.122 e. The zero-order chi connectivity index (χ0) is 17.4. The van der Waals surface area contributed by atoms with Crippen molar-refractivity contribution in [1.29, 1.82) is 0 Å². The molecule has 0 aliphatic carbocycles. The van der Waals surface area contributed by atoms with Gasteiger partial charge >= 0.3 is 0 Å². The first kappa shape index (κ1) is 18.3. The summed E-state index contributed by atoms with van der Waals surface area (Å²) in [6, 6.07) is 14.7. The number of hydrogen-bond donors (Lipinski definition) is 1. The Morgan fingerprint density at radius 1 is 1.04 bits per heavy atom. The van der Waals surface area contributed by atoms with Crippen molar-refractivity contribution < 1.29 is 9.47 Å². The molecule has 0 amide bonds. The van der Waals surface area contributed by atoms with Crippen LogP contribution in [0.1, 0.15) is 42.9 Å². The maximum absolute atomic E-state index is 6.06. The van der Waals surface area contributed by atoms with E-state index in [0.717, 1.165) is 30.9 Å². The standard InChI is InChI=1S/C21H29NO2/c1-4-11-24-21-10-9-18(12-16(21)3)19(15-22)13-17-7-6-8-20(14-17)23-5-2/h6-10,12,14,19H,4-5,11,13,15,22H2,1-3H3. The molecule has 0 fully saturated rings. The lowest BCUT2D eigenvalue weighted by molar-refractivity contribution is 0.315. The maximum atomic E-state index is 6.06. The van der Waals surface area contributed by atoms with Crippen molar-refractivity contribution in [2.45, 2.75) is 39.5 Å². The molecule has 0 aromatic heterocycles. The summed E-state index contributed by atoms with van der Waals surface area (Å²) in [4.78, 5) is 0. The Hall–Kier alpha value is -2.00. The summed E-state index contributed by atoms with van der Waals surface area (Å²) in [6.07, 6.45) is 1.93. The zero-order valence-electron chi connectivity index (χ0n) is 15.0. The molecule has 0 radical (unpaired) electrons. The molecule has 0 aliphatic heterocycles. The molecule has 0 aliphatic rings. The normalized spacial score (nSPS) is 12.0. The summed E-state index contributed by atoms with van der Waals surface area (Å²) in [6.45, 7) is 8.27. The molecule has 0 saturated carbocycles. The van der Waals surface area contributed by atoms with E-state index in [9.17, 15) is 0 Å². The highest BCUT2D eigenvalue weighted by Gasteiger charge is 2.13. The third kappa shape index (κ3) is 5.00. The highest BCUT2D eigenvalue weighted by atomic mass is 16.5. The fourth-order valence-corrected chi connectivity index (χ4v) is 2.85. The van der Waals surface area contributed by atoms with Gasteiger partial charge in [0.2, 0.25) is 0 Å². The van der Waals surface area contributed by atoms with E-state index in [1.165, 1.54) is 16.7 Å². The van der Waals surface area contributed by atoms with E-state index in [4.69, 9.17) is 15.2 Å². The predicted molar refractivity (Wildman–Crippen MR) is 100 cm³/mol. The summed E-state index contributed by atoms with van der Waals surface area (Å²) < 4.78 is 11.4. The van der Waals surface area contributed by atoms with E-state index in [1.807, 2.05) is 19.1 Å². The molecular formula is C21H29NO2. The van der Waals surface area contributed by atoms with Crippen LogP contribution in [0.15, 0.2) is 42.5 Å². The van der Waals surface area contributed by atoms with Gasteiger partial charge in [-0.05, 0) is 68.1 Å². The Morgan fingerprint density at radius 2 is 1.88 bits per heavy atom. The number of nitrogens with two attached hydrogens (primary N) is 1. The monoisotopic (exact) mass is 327 g/mol. The fourth-order valence-electron chi connectivity index (χ4n) is 2.85. The van der Waals surface area contributed by atoms with Gasteiger partial charge in [-0.15, -0.1) is 0 Å². The van der Waals surface area contributed by atoms with Crippen LogP contribution in [0, 0.1) is 6.92 Å². The van der Waals surface area contributed by atoms with Gasteiger partial charge in [0.25, 0.3) is 0 Å². The van der Waals surface area contributed by atoms with Crippen LogP contribution < -0.4 is 15.2 Å². The Morgan fingerprint density at radius 3 is 2.54 bits per heavy atom. The third-order valence-corrected chi connectivity index (χ3v) is 4.11. The summed E-state index contributed by atoms with van der Waals surface area (Å²) in [5.74, 6) is 2.18. The van der Waals surface area contributed by atoms with Crippen molar-refractivity contribution in [3.05, 3.63) is 59.2 Å². The van der Waals surface area contributed by atoms with Crippen LogP contribution in [0.4, 0.5) is 0 Å². The molecule has 0 saturated heterocycles. The van der Waals surface area contributed by atoms with Crippen molar-refractivity contribution in [2.75, 3.05) is 19.8 Å². The number of rotatable bonds is 9. The molecule has 0 bridgehead atoms. The first-order valence-electron chi connectivity index (χ1n) is 8.83. The van der Waals surface area contributed by atoms with E-state index >= 15 is 0 Å². The second-order valence-electron chi connectivity index (χ2n) is 6.09. The number of aryl methyl sites for hydroxylation is 1. The first-order chi connectivity index (χ1) is 11.7. The largest absolute Gasteiger partial charge is 0.494 e. The second-order valence-corrected chi connectivity index (χ2v) is 6.09. The number of benzene rings is 2. The average molecular weight is 327 g/mol. The minimum Gasteiger partial charge on any atom is -0.494 e. The zero-order valence-corrected chi connectivity index (χ0v) is 15.0. The van der Waals surface area contributed by atoms with E-state index < -0.39 is 0 Å². The molecule has 0 spiro atoms. The van der Waals surface area contributed by atoms with Crippen LogP contribution in [-0.4, -0.2) is 19.8 Å². The molecule has 130 valence electrons. The molecule has 1 unspecified atom stereocenters. The van der Waals surface area contributed by atoms with Crippen LogP contribution in [0.2, 0.25) is 0 Å². The lowest BCUT2D eigenvalue weighted by atomic mass is 9.91. The molecule has 3 nitrogen and oxygen atoms in total. The van der Waals surface area contributed by atoms with Gasteiger partial charge < -0.3 is 15.2 Å². The van der Waals surface area contributed by atoms with E-state index in [2.05, 4.69) is 44.2 Å². The third-order valence-electron chi connectivity index (χ3n) is 4.11. The maximum Gasteiger partial charge on any atom is 0.122 e. The molecule has 1 atom stereocenters. The molecule has 2 aromatic rings. The summed E-state index contributed by atoms with van der Waals surface area (Å²) in [7, 11) is 0. The van der Waals surface area contributed by atoms with Crippen molar-refractivity contribution in [3.63, 3.8) is 0 Å². The highest BCUT2D eigenvalue weighted by molar-refractivity contribution is 5.39. The van der Waals surface area contributed by atoms with E-state index in [-0.39, 0.29) is 0 Å². The predicted octanol–water partition coefficient (Wildman–Crippen LogP) is 4.47. The Bertz CT molecular complexity index is 639. The highest BCUT2D eigenvalue weighted by Crippen LogP contribution is 2.27. The molecule has 0 heterocycles. The topological polar surface area (TPSA) is 44.5 Å². The van der Waals surface area contributed by atoms with Crippen LogP contribution in [0.25, 0.3) is 0 Å². The first-order valence-corrected chi connectivity index (χ1v) is 8.83. The summed E-state index contributed by atoms with van der Waals surface area (Å²) in [5, 5.41) is 0. The van der Waals surface area contributed by atoms with Crippen LogP contribution >= 0.6 is 0 Å². The fraction of sp³-hybridized carbons (Fsp3) is 0.429. The molecule has 2 rings (SSSR count). The minimum atomic E-state index is 0.292. The number of ether oxygens (including phenoxy) is 2. The molecule has 2 aromatic carbocycles. The van der Waals surface area contributed by atoms with Gasteiger partial charge in [-0.25, -0.2) is 0 Å². The summed E-state index contributed by atoms with van der Waals surface area (Å²) >= 11 is 0. The van der Waals surface area contributed by atoms with Gasteiger partial charge in [-0.3, -0.25) is 0 Å². The average Bonchev–Trinajstić information content (AvgIpc) is 2.59. The Kier molecular flexibility index (Phi) is 7.13. The van der Waals surface area contributed by atoms with Crippen LogP contribution in [0.3, 0.4) is 0 Å². The lowest BCUT2D eigenvalue weighted by Crippen LogP contribution is -2.15. The molecule has 24 heavy (non-hydrogen) atoms. The molecular weight excluding hydrogens is 298 g/mol. The summed E-state index contributed by atoms with van der Waals surface area (Å²) in [5.41, 5.74) is 9.74. The second kappa shape index (κ2) is 9.33. The lowest BCUT2D eigenvalue weighted by Gasteiger charge is -2.18. The number of hydrogen-bond acceptors (Lipinski definition) is 3. The van der Waals surface area contributed by atoms with Gasteiger partial charge in [-0.2, -0.15) is 0 Å². The minimum absolute atomic E-state index is 0.292. The van der Waals surface area contributed by atoms with E-state index in [1.54, 1.807) is 0 Å². The van der Waals surface area contributed by atoms with Gasteiger partial charge in [-0.1, -0.05) is 31.2 Å². The van der Waals surface area contributed by atoms with Gasteiger partial charge in [0.05, 0.1) is 13.2 Å². The van der Waals surface area contributed by atoms with Crippen molar-refractivity contribution >= 4 is 0 Å². The van der Waals surface area contributed by atoms with Gasteiger partial charge in [0.15, 0.2) is 0 Å². The SMILES string of the molecule is CCCOc1ccc(C(CN)Cc2cccc(OCC)c2)cc1C. The van der Waals surface area contributed by atoms with Crippen LogP contribution in [-0.2, 0) is 6.42 Å². The Balaban J connectivity index is 2.13. The van der Waals surface area contributed by atoms with Gasteiger partial charge in [0.1, 0.15) is 11.5 Å². The van der Waals surface area contributed by atoms with Gasteiger partial charge in [0, 0.05) is 5.92 Å². The van der Waals surface area contributed by atoms with Crippen LogP contribution in [0.5, 0.6) is 11.5 Å². The van der Waals surface area contributed by atoms with Crippen molar-refractivity contribution in [2.24, 2.45) is 5.73 Å². The van der Waals surface area contributed by atoms with Crippen molar-refractivity contribution in [3.8, 4) is 11.5 Å². The molecule has 2 N–H and O–H groups in total. The van der Waals surface area contributed by atoms with Crippen molar-refractivity contribution in [1.82, 2.24) is 0 Å². The Labute approximate surface area is 145 Å². The van der Waals surface area contributed by atoms with E-state index in [0.29, 0.717) is 19.1 Å². The molecule has 3 heteroatoms. The quantitative estimate of drug-likeness (QED) is 0.739.